The van der Waals surface area contributed by atoms with Gasteiger partial charge in [0.25, 0.3) is 0 Å². The molecule has 0 aromatic rings. The van der Waals surface area contributed by atoms with Crippen molar-refractivity contribution in [2.75, 3.05) is 0 Å². The van der Waals surface area contributed by atoms with E-state index >= 15 is 0 Å². The van der Waals surface area contributed by atoms with Crippen molar-refractivity contribution < 1.29 is 51.4 Å². The fraction of sp³-hybridized carbons (Fsp3) is 0.700. The smallest absolute Gasteiger partial charge is 0.0875 e. The second kappa shape index (κ2) is 7.95. The van der Waals surface area contributed by atoms with Crippen LogP contribution in [0.2, 0.25) is 19.6 Å². The van der Waals surface area contributed by atoms with E-state index in [1.807, 2.05) is 0 Å². The normalized spacial score (nSPS) is 14.4. The van der Waals surface area contributed by atoms with Gasteiger partial charge < -0.3 is 0 Å². The minimum atomic E-state index is -0.949. The van der Waals surface area contributed by atoms with E-state index in [2.05, 4.69) is 51.7 Å². The molecule has 1 unspecified atom stereocenters. The summed E-state index contributed by atoms with van der Waals surface area (Å²) in [7, 11) is -0.949. The van der Waals surface area contributed by atoms with E-state index < -0.39 is 8.07 Å². The van der Waals surface area contributed by atoms with Crippen LogP contribution < -0.4 is 51.4 Å². The third-order valence-electron chi connectivity index (χ3n) is 1.68. The van der Waals surface area contributed by atoms with Crippen LogP contribution in [0.5, 0.6) is 0 Å². The molecule has 1 atom stereocenters. The van der Waals surface area contributed by atoms with Gasteiger partial charge in [-0.2, -0.15) is 0 Å². The second-order valence-corrected chi connectivity index (χ2v) is 9.37. The third-order valence-corrected chi connectivity index (χ3v) is 2.87. The van der Waals surface area contributed by atoms with Gasteiger partial charge in [0, 0.05) is 0 Å². The number of hydrogen-bond donors (Lipinski definition) is 0. The van der Waals surface area contributed by atoms with Crippen molar-refractivity contribution in [3.8, 4) is 0 Å². The molecule has 0 rings (SSSR count). The molecule has 0 aliphatic rings. The van der Waals surface area contributed by atoms with E-state index in [1.165, 1.54) is 6.42 Å². The van der Waals surface area contributed by atoms with Gasteiger partial charge in [0.15, 0.2) is 0 Å². The summed E-state index contributed by atoms with van der Waals surface area (Å²) in [6.07, 6.45) is 5.80. The van der Waals surface area contributed by atoms with E-state index in [-0.39, 0.29) is 51.4 Å². The van der Waals surface area contributed by atoms with Gasteiger partial charge in [-0.15, -0.1) is 0 Å². The molecule has 0 aliphatic carbocycles. The van der Waals surface area contributed by atoms with Crippen LogP contribution in [0, 0.1) is 12.0 Å². The van der Waals surface area contributed by atoms with Crippen LogP contribution in [0.1, 0.15) is 20.3 Å². The first kappa shape index (κ1) is 16.0. The molecule has 0 N–H and O–H groups in total. The molecule has 0 heterocycles. The quantitative estimate of drug-likeness (QED) is 0.596. The van der Waals surface area contributed by atoms with Crippen LogP contribution in [0.25, 0.3) is 0 Å². The Hall–Kier alpha value is 1.59. The summed E-state index contributed by atoms with van der Waals surface area (Å²) >= 11 is 0. The molecule has 12 heavy (non-hydrogen) atoms. The van der Waals surface area contributed by atoms with E-state index in [4.69, 9.17) is 0 Å². The van der Waals surface area contributed by atoms with E-state index in [1.54, 1.807) is 0 Å². The van der Waals surface area contributed by atoms with Crippen LogP contribution in [0.3, 0.4) is 0 Å². The van der Waals surface area contributed by atoms with Crippen molar-refractivity contribution in [2.45, 2.75) is 39.9 Å². The van der Waals surface area contributed by atoms with Crippen molar-refractivity contribution >= 4 is 8.07 Å². The van der Waals surface area contributed by atoms with Crippen molar-refractivity contribution in [3.05, 3.63) is 18.2 Å². The fourth-order valence-electron chi connectivity index (χ4n) is 0.670. The summed E-state index contributed by atoms with van der Waals surface area (Å²) in [5, 5.41) is 0. The maximum Gasteiger partial charge on any atom is 1.00 e. The van der Waals surface area contributed by atoms with Gasteiger partial charge in [-0.25, -0.2) is 0 Å². The second-order valence-electron chi connectivity index (χ2n) is 4.30. The van der Waals surface area contributed by atoms with Crippen molar-refractivity contribution in [1.29, 1.82) is 0 Å². The van der Waals surface area contributed by atoms with Crippen LogP contribution in [-0.2, 0) is 0 Å². The van der Waals surface area contributed by atoms with Crippen molar-refractivity contribution in [3.63, 3.8) is 0 Å². The topological polar surface area (TPSA) is 0 Å². The first-order chi connectivity index (χ1) is 4.95. The van der Waals surface area contributed by atoms with Gasteiger partial charge in [0.1, 0.15) is 0 Å². The SMILES string of the molecule is CCC(C)/C=C/[CH][Si](C)(C)C.[K+]. The van der Waals surface area contributed by atoms with Crippen LogP contribution >= 0.6 is 0 Å². The monoisotopic (exact) mass is 208 g/mol. The summed E-state index contributed by atoms with van der Waals surface area (Å²) in [6.45, 7) is 11.5. The number of rotatable bonds is 4. The molecular formula is C10H21KSi+. The number of hydrogen-bond acceptors (Lipinski definition) is 0. The van der Waals surface area contributed by atoms with Crippen LogP contribution in [0.4, 0.5) is 0 Å². The molecule has 0 fully saturated rings. The molecule has 65 valence electrons. The Bertz CT molecular complexity index is 124. The zero-order chi connectivity index (χ0) is 8.91. The molecule has 0 aromatic heterocycles. The summed E-state index contributed by atoms with van der Waals surface area (Å²) < 4.78 is 0. The predicted octanol–water partition coefficient (Wildman–Crippen LogP) is 0.674. The summed E-state index contributed by atoms with van der Waals surface area (Å²) in [4.78, 5) is 0. The van der Waals surface area contributed by atoms with Gasteiger partial charge in [-0.3, -0.25) is 0 Å². The van der Waals surface area contributed by atoms with Crippen LogP contribution in [0.15, 0.2) is 12.2 Å². The van der Waals surface area contributed by atoms with Gasteiger partial charge in [0.05, 0.1) is 8.07 Å². The maximum atomic E-state index is 2.39. The minimum Gasteiger partial charge on any atom is -0.0875 e. The van der Waals surface area contributed by atoms with Crippen molar-refractivity contribution in [1.82, 2.24) is 0 Å². The van der Waals surface area contributed by atoms with Crippen LogP contribution in [-0.4, -0.2) is 8.07 Å². The van der Waals surface area contributed by atoms with E-state index in [9.17, 15) is 0 Å². The average Bonchev–Trinajstić information content (AvgIpc) is 1.85. The molecule has 0 amide bonds. The Morgan fingerprint density at radius 1 is 1.25 bits per heavy atom. The average molecular weight is 208 g/mol. The van der Waals surface area contributed by atoms with Crippen molar-refractivity contribution in [2.24, 2.45) is 5.92 Å². The van der Waals surface area contributed by atoms with Gasteiger partial charge in [0.2, 0.25) is 0 Å². The fourth-order valence-corrected chi connectivity index (χ4v) is 1.36. The first-order valence-electron chi connectivity index (χ1n) is 4.48. The molecule has 2 heteroatoms. The van der Waals surface area contributed by atoms with Gasteiger partial charge >= 0.3 is 51.4 Å². The van der Waals surface area contributed by atoms with Gasteiger partial charge in [-0.1, -0.05) is 52.1 Å². The molecule has 0 aromatic carbocycles. The Kier molecular flexibility index (Phi) is 10.6. The Labute approximate surface area is 122 Å². The summed E-state index contributed by atoms with van der Waals surface area (Å²) in [5.41, 5.74) is 0. The van der Waals surface area contributed by atoms with E-state index in [0.717, 1.165) is 5.92 Å². The first-order valence-corrected chi connectivity index (χ1v) is 8.06. The molecule has 0 spiro atoms. The summed E-state index contributed by atoms with van der Waals surface area (Å²) in [6, 6.07) is 2.39. The molecule has 1 radical (unpaired) electrons. The molecule has 0 nitrogen and oxygen atoms in total. The largest absolute Gasteiger partial charge is 1.00 e. The Morgan fingerprint density at radius 3 is 2.08 bits per heavy atom. The summed E-state index contributed by atoms with van der Waals surface area (Å²) in [5.74, 6) is 0.739. The zero-order valence-electron chi connectivity index (χ0n) is 9.52. The molecule has 0 bridgehead atoms. The van der Waals surface area contributed by atoms with E-state index in [0.29, 0.717) is 0 Å². The molecule has 0 saturated carbocycles. The molecule has 0 saturated heterocycles. The Balaban J connectivity index is 0. The minimum absolute atomic E-state index is 0. The zero-order valence-corrected chi connectivity index (χ0v) is 13.6. The third kappa shape index (κ3) is 11.6. The van der Waals surface area contributed by atoms with Gasteiger partial charge in [-0.05, 0) is 12.0 Å². The maximum absolute atomic E-state index is 2.39. The number of allylic oxidation sites excluding steroid dienone is 2. The molecule has 0 aliphatic heterocycles. The Morgan fingerprint density at radius 2 is 1.75 bits per heavy atom. The standard InChI is InChI=1S/C10H21Si.K/c1-6-10(2)8-7-9-11(3,4)5;/h7-10H,6H2,1-5H3;/q;+1/b8-7+;. The predicted molar refractivity (Wildman–Crippen MR) is 56.2 cm³/mol. The molecular weight excluding hydrogens is 187 g/mol.